The summed E-state index contributed by atoms with van der Waals surface area (Å²) in [6.45, 7) is 4.42. The summed E-state index contributed by atoms with van der Waals surface area (Å²) in [6, 6.07) is 0.464. The molecule has 5 N–H and O–H groups in total. The van der Waals surface area contributed by atoms with E-state index in [1.54, 1.807) is 0 Å². The summed E-state index contributed by atoms with van der Waals surface area (Å²) in [5.41, 5.74) is 13.4. The standard InChI is InChI=1S/C16H27N3OS/c1-3-5-7-11(6-4-2)19-16-12(10-8-9-10)13(17)14(21-16)15(18)20/h10-11,19H,3-9,17H2,1-2H3,(H2,18,20). The molecule has 118 valence electrons. The zero-order valence-electron chi connectivity index (χ0n) is 13.1. The molecule has 0 aromatic carbocycles. The Bertz CT molecular complexity index is 494. The maximum absolute atomic E-state index is 11.5. The van der Waals surface area contributed by atoms with Crippen LogP contribution in [0.5, 0.6) is 0 Å². The molecule has 2 rings (SSSR count). The first-order valence-corrected chi connectivity index (χ1v) is 8.88. The summed E-state index contributed by atoms with van der Waals surface area (Å²) in [7, 11) is 0. The first kappa shape index (κ1) is 16.1. The van der Waals surface area contributed by atoms with Gasteiger partial charge in [0, 0.05) is 11.6 Å². The van der Waals surface area contributed by atoms with E-state index in [4.69, 9.17) is 11.5 Å². The molecule has 1 heterocycles. The lowest BCUT2D eigenvalue weighted by molar-refractivity contribution is 0.100. The largest absolute Gasteiger partial charge is 0.397 e. The average Bonchev–Trinajstić information content (AvgIpc) is 3.21. The first-order chi connectivity index (χ1) is 10.1. The highest BCUT2D eigenvalue weighted by Gasteiger charge is 2.33. The fourth-order valence-corrected chi connectivity index (χ4v) is 3.93. The van der Waals surface area contributed by atoms with Crippen molar-refractivity contribution in [2.24, 2.45) is 5.73 Å². The van der Waals surface area contributed by atoms with E-state index in [1.165, 1.54) is 37.0 Å². The minimum atomic E-state index is -0.409. The maximum atomic E-state index is 11.5. The average molecular weight is 309 g/mol. The molecule has 1 amide bonds. The molecule has 1 aliphatic rings. The van der Waals surface area contributed by atoms with Crippen molar-refractivity contribution in [2.75, 3.05) is 11.1 Å². The van der Waals surface area contributed by atoms with Gasteiger partial charge in [0.1, 0.15) is 4.88 Å². The zero-order chi connectivity index (χ0) is 15.4. The molecule has 0 spiro atoms. The molecular weight excluding hydrogens is 282 g/mol. The van der Waals surface area contributed by atoms with Crippen LogP contribution in [0.25, 0.3) is 0 Å². The van der Waals surface area contributed by atoms with Crippen molar-refractivity contribution in [3.05, 3.63) is 10.4 Å². The van der Waals surface area contributed by atoms with Crippen molar-refractivity contribution in [3.63, 3.8) is 0 Å². The lowest BCUT2D eigenvalue weighted by atomic mass is 10.0. The van der Waals surface area contributed by atoms with Crippen LogP contribution in [0.15, 0.2) is 0 Å². The number of hydrogen-bond donors (Lipinski definition) is 3. The molecule has 4 nitrogen and oxygen atoms in total. The molecule has 1 atom stereocenters. The Balaban J connectivity index is 2.20. The topological polar surface area (TPSA) is 81.1 Å². The molecule has 1 aromatic rings. The van der Waals surface area contributed by atoms with E-state index in [1.807, 2.05) is 0 Å². The van der Waals surface area contributed by atoms with Gasteiger partial charge in [0.05, 0.1) is 10.7 Å². The quantitative estimate of drug-likeness (QED) is 0.643. The minimum Gasteiger partial charge on any atom is -0.397 e. The second-order valence-corrected chi connectivity index (χ2v) is 7.02. The number of primary amides is 1. The molecule has 1 aromatic heterocycles. The Labute approximate surface area is 131 Å². The Kier molecular flexibility index (Phi) is 5.51. The van der Waals surface area contributed by atoms with Crippen LogP contribution in [0.3, 0.4) is 0 Å². The van der Waals surface area contributed by atoms with Crippen molar-refractivity contribution in [1.82, 2.24) is 0 Å². The molecule has 0 bridgehead atoms. The van der Waals surface area contributed by atoms with Crippen LogP contribution in [0.2, 0.25) is 0 Å². The van der Waals surface area contributed by atoms with Crippen molar-refractivity contribution in [2.45, 2.75) is 70.8 Å². The number of nitrogen functional groups attached to an aromatic ring is 1. The molecular formula is C16H27N3OS. The number of unbranched alkanes of at least 4 members (excludes halogenated alkanes) is 1. The van der Waals surface area contributed by atoms with Crippen LogP contribution >= 0.6 is 11.3 Å². The van der Waals surface area contributed by atoms with Gasteiger partial charge in [-0.2, -0.15) is 0 Å². The van der Waals surface area contributed by atoms with E-state index in [0.717, 1.165) is 29.8 Å². The Morgan fingerprint density at radius 2 is 2.05 bits per heavy atom. The fraction of sp³-hybridized carbons (Fsp3) is 0.688. The highest BCUT2D eigenvalue weighted by molar-refractivity contribution is 7.18. The molecule has 1 fully saturated rings. The van der Waals surface area contributed by atoms with Crippen LogP contribution in [0, 0.1) is 0 Å². The Morgan fingerprint density at radius 3 is 2.57 bits per heavy atom. The third kappa shape index (κ3) is 3.90. The van der Waals surface area contributed by atoms with Crippen LogP contribution in [-0.4, -0.2) is 11.9 Å². The fourth-order valence-electron chi connectivity index (χ4n) is 2.80. The number of hydrogen-bond acceptors (Lipinski definition) is 4. The summed E-state index contributed by atoms with van der Waals surface area (Å²) >= 11 is 1.44. The third-order valence-corrected chi connectivity index (χ3v) is 5.24. The number of amides is 1. The van der Waals surface area contributed by atoms with Gasteiger partial charge in [-0.3, -0.25) is 4.79 Å². The van der Waals surface area contributed by atoms with Gasteiger partial charge in [-0.25, -0.2) is 0 Å². The van der Waals surface area contributed by atoms with Gasteiger partial charge in [-0.1, -0.05) is 33.1 Å². The molecule has 1 saturated carbocycles. The van der Waals surface area contributed by atoms with Gasteiger partial charge in [-0.05, 0) is 31.6 Å². The van der Waals surface area contributed by atoms with Crippen molar-refractivity contribution in [3.8, 4) is 0 Å². The van der Waals surface area contributed by atoms with Crippen LogP contribution < -0.4 is 16.8 Å². The van der Waals surface area contributed by atoms with E-state index in [-0.39, 0.29) is 0 Å². The first-order valence-electron chi connectivity index (χ1n) is 8.06. The zero-order valence-corrected chi connectivity index (χ0v) is 13.9. The molecule has 1 unspecified atom stereocenters. The predicted octanol–water partition coefficient (Wildman–Crippen LogP) is 4.08. The molecule has 21 heavy (non-hydrogen) atoms. The van der Waals surface area contributed by atoms with Crippen LogP contribution in [-0.2, 0) is 0 Å². The summed E-state index contributed by atoms with van der Waals surface area (Å²) in [6.07, 6.45) is 8.23. The van der Waals surface area contributed by atoms with Crippen LogP contribution in [0.4, 0.5) is 10.7 Å². The van der Waals surface area contributed by atoms with E-state index in [0.29, 0.717) is 22.5 Å². The Hall–Kier alpha value is -1.23. The second kappa shape index (κ2) is 7.16. The number of carbonyl (C=O) groups excluding carboxylic acids is 1. The van der Waals surface area contributed by atoms with E-state index in [2.05, 4.69) is 19.2 Å². The van der Waals surface area contributed by atoms with Crippen molar-refractivity contribution in [1.29, 1.82) is 0 Å². The Morgan fingerprint density at radius 1 is 1.33 bits per heavy atom. The van der Waals surface area contributed by atoms with E-state index < -0.39 is 5.91 Å². The van der Waals surface area contributed by atoms with Gasteiger partial charge in [-0.15, -0.1) is 11.3 Å². The summed E-state index contributed by atoms with van der Waals surface area (Å²) < 4.78 is 0. The highest BCUT2D eigenvalue weighted by Crippen LogP contribution is 2.51. The molecule has 0 aliphatic heterocycles. The van der Waals surface area contributed by atoms with Gasteiger partial charge < -0.3 is 16.8 Å². The van der Waals surface area contributed by atoms with E-state index in [9.17, 15) is 4.79 Å². The molecule has 5 heteroatoms. The SMILES string of the molecule is CCCCC(CCC)Nc1sc(C(N)=O)c(N)c1C1CC1. The second-order valence-electron chi connectivity index (χ2n) is 6.00. The smallest absolute Gasteiger partial charge is 0.260 e. The number of rotatable bonds is 9. The lowest BCUT2D eigenvalue weighted by Gasteiger charge is -2.19. The van der Waals surface area contributed by atoms with E-state index >= 15 is 0 Å². The number of carbonyl (C=O) groups is 1. The molecule has 0 saturated heterocycles. The third-order valence-electron chi connectivity index (χ3n) is 4.07. The van der Waals surface area contributed by atoms with Crippen molar-refractivity contribution < 1.29 is 4.79 Å². The highest BCUT2D eigenvalue weighted by atomic mass is 32.1. The molecule has 0 radical (unpaired) electrons. The summed E-state index contributed by atoms with van der Waals surface area (Å²) in [5.74, 6) is 0.110. The van der Waals surface area contributed by atoms with Gasteiger partial charge in [0.15, 0.2) is 0 Å². The number of nitrogens with two attached hydrogens (primary N) is 2. The number of nitrogens with one attached hydrogen (secondary N) is 1. The van der Waals surface area contributed by atoms with Crippen LogP contribution in [0.1, 0.15) is 79.9 Å². The van der Waals surface area contributed by atoms with Crippen molar-refractivity contribution >= 4 is 27.9 Å². The lowest BCUT2D eigenvalue weighted by Crippen LogP contribution is -2.19. The van der Waals surface area contributed by atoms with Gasteiger partial charge in [0.25, 0.3) is 5.91 Å². The monoisotopic (exact) mass is 309 g/mol. The number of thiophene rings is 1. The maximum Gasteiger partial charge on any atom is 0.260 e. The normalized spacial score (nSPS) is 15.9. The van der Waals surface area contributed by atoms with Gasteiger partial charge >= 0.3 is 0 Å². The number of anilines is 2. The minimum absolute atomic E-state index is 0.409. The molecule has 1 aliphatic carbocycles. The van der Waals surface area contributed by atoms with Gasteiger partial charge in [0.2, 0.25) is 0 Å². The predicted molar refractivity (Wildman–Crippen MR) is 91.1 cm³/mol. The summed E-state index contributed by atoms with van der Waals surface area (Å²) in [4.78, 5) is 12.1. The summed E-state index contributed by atoms with van der Waals surface area (Å²) in [5, 5.41) is 4.73.